The van der Waals surface area contributed by atoms with E-state index in [2.05, 4.69) is 20.5 Å². The first-order valence-electron chi connectivity index (χ1n) is 11.9. The van der Waals surface area contributed by atoms with Crippen LogP contribution in [-0.4, -0.2) is 77.3 Å². The van der Waals surface area contributed by atoms with Crippen LogP contribution in [0.4, 0.5) is 4.79 Å². The monoisotopic (exact) mass is 429 g/mol. The van der Waals surface area contributed by atoms with Crippen molar-refractivity contribution in [2.75, 3.05) is 32.7 Å². The molecule has 2 aliphatic heterocycles. The topological polar surface area (TPSA) is 97.5 Å². The molecular formula is C23H35N5O3. The molecule has 170 valence electrons. The summed E-state index contributed by atoms with van der Waals surface area (Å²) in [4.78, 5) is 44.3. The van der Waals surface area contributed by atoms with Gasteiger partial charge in [-0.15, -0.1) is 0 Å². The van der Waals surface area contributed by atoms with Gasteiger partial charge in [-0.25, -0.2) is 4.79 Å². The lowest BCUT2D eigenvalue weighted by Crippen LogP contribution is -2.50. The number of piperidine rings is 1. The maximum atomic E-state index is 12.7. The molecule has 3 amide bonds. The predicted octanol–water partition coefficient (Wildman–Crippen LogP) is 2.53. The Labute approximate surface area is 184 Å². The third-order valence-electron chi connectivity index (χ3n) is 6.86. The van der Waals surface area contributed by atoms with Gasteiger partial charge < -0.3 is 20.5 Å². The Bertz CT molecular complexity index is 772. The van der Waals surface area contributed by atoms with Crippen LogP contribution >= 0.6 is 0 Å². The van der Waals surface area contributed by atoms with Gasteiger partial charge in [-0.2, -0.15) is 0 Å². The zero-order chi connectivity index (χ0) is 21.6. The molecule has 3 aliphatic rings. The molecule has 1 aromatic heterocycles. The molecule has 3 heterocycles. The maximum absolute atomic E-state index is 12.7. The summed E-state index contributed by atoms with van der Waals surface area (Å²) >= 11 is 0. The van der Waals surface area contributed by atoms with Gasteiger partial charge in [0.05, 0.1) is 6.54 Å². The molecule has 0 atom stereocenters. The SMILES string of the molecule is O=C(NC1CCCCC1)NC1CCN(CC(=O)c2c[nH]c(C(=O)N3CCCC3)c2)CC1. The lowest BCUT2D eigenvalue weighted by atomic mass is 9.96. The van der Waals surface area contributed by atoms with Crippen molar-refractivity contribution in [1.82, 2.24) is 25.4 Å². The quantitative estimate of drug-likeness (QED) is 0.606. The molecule has 0 radical (unpaired) electrons. The number of nitrogens with one attached hydrogen (secondary N) is 3. The standard InChI is InChI=1S/C23H35N5O3/c29-21(17-14-20(24-15-17)22(30)28-10-4-5-11-28)16-27-12-8-19(9-13-27)26-23(31)25-18-6-2-1-3-7-18/h14-15,18-19,24H,1-13,16H2,(H2,25,26,31). The molecule has 0 unspecified atom stereocenters. The summed E-state index contributed by atoms with van der Waals surface area (Å²) in [5.41, 5.74) is 1.06. The number of urea groups is 1. The van der Waals surface area contributed by atoms with Crippen LogP contribution in [0.3, 0.4) is 0 Å². The molecule has 1 aromatic rings. The number of nitrogens with zero attached hydrogens (tertiary/aromatic N) is 2. The number of hydrogen-bond donors (Lipinski definition) is 3. The normalized spacial score (nSPS) is 21.2. The third kappa shape index (κ3) is 5.87. The van der Waals surface area contributed by atoms with E-state index in [4.69, 9.17) is 0 Å². The largest absolute Gasteiger partial charge is 0.356 e. The molecule has 4 rings (SSSR count). The minimum atomic E-state index is -0.0519. The second kappa shape index (κ2) is 10.3. The number of carbonyl (C=O) groups is 3. The third-order valence-corrected chi connectivity index (χ3v) is 6.86. The summed E-state index contributed by atoms with van der Waals surface area (Å²) < 4.78 is 0. The van der Waals surface area contributed by atoms with Gasteiger partial charge in [-0.3, -0.25) is 14.5 Å². The molecule has 8 heteroatoms. The van der Waals surface area contributed by atoms with Gasteiger partial charge >= 0.3 is 6.03 Å². The number of hydrogen-bond acceptors (Lipinski definition) is 4. The second-order valence-electron chi connectivity index (χ2n) is 9.23. The fourth-order valence-electron chi connectivity index (χ4n) is 4.96. The minimum absolute atomic E-state index is 0.0186. The highest BCUT2D eigenvalue weighted by Crippen LogP contribution is 2.18. The van der Waals surface area contributed by atoms with Crippen LogP contribution in [0.25, 0.3) is 0 Å². The van der Waals surface area contributed by atoms with Crippen molar-refractivity contribution in [3.8, 4) is 0 Å². The summed E-state index contributed by atoms with van der Waals surface area (Å²) in [7, 11) is 0. The molecule has 2 saturated heterocycles. The van der Waals surface area contributed by atoms with E-state index in [1.165, 1.54) is 19.3 Å². The van der Waals surface area contributed by atoms with Gasteiger partial charge in [0, 0.05) is 50.0 Å². The number of H-pyrrole nitrogens is 1. The van der Waals surface area contributed by atoms with Gasteiger partial charge in [0.2, 0.25) is 0 Å². The molecule has 31 heavy (non-hydrogen) atoms. The van der Waals surface area contributed by atoms with Crippen LogP contribution in [-0.2, 0) is 0 Å². The summed E-state index contributed by atoms with van der Waals surface area (Å²) in [6.45, 7) is 3.50. The van der Waals surface area contributed by atoms with E-state index in [1.807, 2.05) is 4.90 Å². The summed E-state index contributed by atoms with van der Waals surface area (Å²) in [6.07, 6.45) is 11.3. The first-order valence-corrected chi connectivity index (χ1v) is 11.9. The molecule has 1 saturated carbocycles. The van der Waals surface area contributed by atoms with Crippen molar-refractivity contribution < 1.29 is 14.4 Å². The molecule has 3 N–H and O–H groups in total. The Morgan fingerprint density at radius 1 is 0.871 bits per heavy atom. The zero-order valence-corrected chi connectivity index (χ0v) is 18.3. The number of likely N-dealkylation sites (tertiary alicyclic amines) is 2. The van der Waals surface area contributed by atoms with Crippen LogP contribution in [0, 0.1) is 0 Å². The highest BCUT2D eigenvalue weighted by molar-refractivity contribution is 6.01. The number of amides is 3. The zero-order valence-electron chi connectivity index (χ0n) is 18.3. The molecule has 3 fully saturated rings. The van der Waals surface area contributed by atoms with Crippen molar-refractivity contribution in [3.63, 3.8) is 0 Å². The average Bonchev–Trinajstić information content (AvgIpc) is 3.48. The van der Waals surface area contributed by atoms with Gasteiger partial charge in [-0.1, -0.05) is 19.3 Å². The predicted molar refractivity (Wildman–Crippen MR) is 118 cm³/mol. The Balaban J connectivity index is 1.18. The summed E-state index contributed by atoms with van der Waals surface area (Å²) in [5.74, 6) is 0.00751. The van der Waals surface area contributed by atoms with E-state index in [0.717, 1.165) is 64.7 Å². The Kier molecular flexibility index (Phi) is 7.27. The smallest absolute Gasteiger partial charge is 0.315 e. The van der Waals surface area contributed by atoms with E-state index >= 15 is 0 Å². The van der Waals surface area contributed by atoms with Crippen LogP contribution < -0.4 is 10.6 Å². The number of Topliss-reactive ketones (excluding diaryl/α,β-unsaturated/α-hetero) is 1. The van der Waals surface area contributed by atoms with Crippen molar-refractivity contribution >= 4 is 17.7 Å². The summed E-state index contributed by atoms with van der Waals surface area (Å²) in [5, 5.41) is 6.22. The number of ketones is 1. The highest BCUT2D eigenvalue weighted by atomic mass is 16.2. The van der Waals surface area contributed by atoms with Crippen LogP contribution in [0.5, 0.6) is 0 Å². The van der Waals surface area contributed by atoms with Crippen molar-refractivity contribution in [3.05, 3.63) is 23.5 Å². The number of aromatic nitrogens is 1. The molecule has 0 bridgehead atoms. The Morgan fingerprint density at radius 2 is 1.52 bits per heavy atom. The lowest BCUT2D eigenvalue weighted by molar-refractivity contribution is 0.0787. The van der Waals surface area contributed by atoms with Crippen LogP contribution in [0.15, 0.2) is 12.3 Å². The molecular weight excluding hydrogens is 394 g/mol. The fraction of sp³-hybridized carbons (Fsp3) is 0.696. The second-order valence-corrected chi connectivity index (χ2v) is 9.23. The van der Waals surface area contributed by atoms with Gasteiger partial charge in [0.15, 0.2) is 5.78 Å². The summed E-state index contributed by atoms with van der Waals surface area (Å²) in [6, 6.07) is 2.11. The Morgan fingerprint density at radius 3 is 2.19 bits per heavy atom. The minimum Gasteiger partial charge on any atom is -0.356 e. The number of carbonyl (C=O) groups excluding carboxylic acids is 3. The number of aromatic amines is 1. The average molecular weight is 430 g/mol. The van der Waals surface area contributed by atoms with Crippen LogP contribution in [0.1, 0.15) is 78.6 Å². The molecule has 8 nitrogen and oxygen atoms in total. The first kappa shape index (κ1) is 21.9. The van der Waals surface area contributed by atoms with Crippen molar-refractivity contribution in [2.24, 2.45) is 0 Å². The first-order chi connectivity index (χ1) is 15.1. The number of rotatable bonds is 6. The fourth-order valence-corrected chi connectivity index (χ4v) is 4.96. The molecule has 1 aliphatic carbocycles. The van der Waals surface area contributed by atoms with E-state index in [9.17, 15) is 14.4 Å². The van der Waals surface area contributed by atoms with E-state index in [-0.39, 0.29) is 23.8 Å². The van der Waals surface area contributed by atoms with Gasteiger partial charge in [0.1, 0.15) is 5.69 Å². The van der Waals surface area contributed by atoms with Gasteiger partial charge in [0.25, 0.3) is 5.91 Å². The maximum Gasteiger partial charge on any atom is 0.315 e. The highest BCUT2D eigenvalue weighted by Gasteiger charge is 2.25. The van der Waals surface area contributed by atoms with E-state index in [0.29, 0.717) is 23.8 Å². The van der Waals surface area contributed by atoms with Crippen LogP contribution in [0.2, 0.25) is 0 Å². The van der Waals surface area contributed by atoms with Gasteiger partial charge in [-0.05, 0) is 44.6 Å². The lowest BCUT2D eigenvalue weighted by Gasteiger charge is -2.32. The Hall–Kier alpha value is -2.35. The van der Waals surface area contributed by atoms with E-state index < -0.39 is 0 Å². The molecule has 0 spiro atoms. The van der Waals surface area contributed by atoms with E-state index in [1.54, 1.807) is 12.3 Å². The molecule has 0 aromatic carbocycles. The van der Waals surface area contributed by atoms with Crippen molar-refractivity contribution in [2.45, 2.75) is 69.9 Å². The van der Waals surface area contributed by atoms with Crippen molar-refractivity contribution in [1.29, 1.82) is 0 Å².